The van der Waals surface area contributed by atoms with Crippen molar-refractivity contribution in [2.75, 3.05) is 36.5 Å². The molecule has 1 atom stereocenters. The molecule has 0 bridgehead atoms. The number of fused-ring (bicyclic) bond motifs is 3. The number of pyridine rings is 3. The minimum Gasteiger partial charge on any atom is -0.383 e. The van der Waals surface area contributed by atoms with Crippen molar-refractivity contribution in [3.8, 4) is 23.6 Å². The van der Waals surface area contributed by atoms with E-state index in [0.29, 0.717) is 24.0 Å². The Balaban J connectivity index is 1.34. The molecule has 37 heavy (non-hydrogen) atoms. The molecular formula is C27H27N9O. The smallest absolute Gasteiger partial charge is 0.244 e. The first-order chi connectivity index (χ1) is 17.9. The number of nitrogens with one attached hydrogen (secondary N) is 2. The lowest BCUT2D eigenvalue weighted by Gasteiger charge is -2.25. The second kappa shape index (κ2) is 8.78. The second-order valence-electron chi connectivity index (χ2n) is 9.54. The predicted molar refractivity (Wildman–Crippen MR) is 143 cm³/mol. The van der Waals surface area contributed by atoms with Gasteiger partial charge >= 0.3 is 0 Å². The number of carbonyl (C=O) groups excluding carboxylic acids is 1. The van der Waals surface area contributed by atoms with Gasteiger partial charge in [-0.1, -0.05) is 5.92 Å². The highest BCUT2D eigenvalue weighted by Gasteiger charge is 2.24. The Kier molecular flexibility index (Phi) is 5.41. The number of rotatable bonds is 3. The number of anilines is 4. The van der Waals surface area contributed by atoms with Gasteiger partial charge in [0.05, 0.1) is 23.0 Å². The molecule has 0 radical (unpaired) electrons. The maximum Gasteiger partial charge on any atom is 0.244 e. The van der Waals surface area contributed by atoms with Gasteiger partial charge in [0.2, 0.25) is 5.91 Å². The number of nitrogen functional groups attached to an aromatic ring is 1. The highest BCUT2D eigenvalue weighted by Crippen LogP contribution is 2.37. The van der Waals surface area contributed by atoms with Crippen molar-refractivity contribution in [1.82, 2.24) is 29.6 Å². The molecule has 4 aromatic rings. The number of amides is 1. The lowest BCUT2D eigenvalue weighted by atomic mass is 9.92. The van der Waals surface area contributed by atoms with Crippen LogP contribution in [0.5, 0.6) is 0 Å². The van der Waals surface area contributed by atoms with Gasteiger partial charge in [0, 0.05) is 61.7 Å². The minimum atomic E-state index is 0.00960. The molecule has 0 saturated heterocycles. The summed E-state index contributed by atoms with van der Waals surface area (Å²) in [5.41, 5.74) is 11.9. The molecule has 10 nitrogen and oxygen atoms in total. The lowest BCUT2D eigenvalue weighted by Crippen LogP contribution is -2.29. The fourth-order valence-electron chi connectivity index (χ4n) is 5.03. The average molecular weight is 494 g/mol. The second-order valence-corrected chi connectivity index (χ2v) is 9.54. The van der Waals surface area contributed by atoms with E-state index in [2.05, 4.69) is 38.5 Å². The Morgan fingerprint density at radius 1 is 1.22 bits per heavy atom. The summed E-state index contributed by atoms with van der Waals surface area (Å²) >= 11 is 0. The molecule has 2 aliphatic rings. The summed E-state index contributed by atoms with van der Waals surface area (Å²) < 4.78 is 1.75. The summed E-state index contributed by atoms with van der Waals surface area (Å²) in [6, 6.07) is 5.88. The average Bonchev–Trinajstić information content (AvgIpc) is 3.21. The van der Waals surface area contributed by atoms with E-state index in [-0.39, 0.29) is 18.4 Å². The van der Waals surface area contributed by atoms with E-state index in [1.54, 1.807) is 15.8 Å². The highest BCUT2D eigenvalue weighted by molar-refractivity contribution is 5.95. The standard InChI is InChI=1S/C27H27N9O/c1-4-16-5-7-29-25-15(2)19(12-31-26(16)25)21-9-17-10-22(30-13-20(17)27(28)32-21)33-23-11-18-6-8-35(3)24(37)14-36(18)34-23/h1,9-13,16,29H,5-8,14H2,2-3H3,(H2,28,32)(H,30,33,34)/t16-/m1/s1. The van der Waals surface area contributed by atoms with Gasteiger partial charge in [-0.25, -0.2) is 9.97 Å². The zero-order valence-electron chi connectivity index (χ0n) is 20.7. The van der Waals surface area contributed by atoms with Crippen molar-refractivity contribution < 1.29 is 4.79 Å². The minimum absolute atomic E-state index is 0.00960. The van der Waals surface area contributed by atoms with E-state index in [1.807, 2.05) is 31.4 Å². The van der Waals surface area contributed by atoms with Crippen LogP contribution in [0.2, 0.25) is 0 Å². The van der Waals surface area contributed by atoms with E-state index in [4.69, 9.17) is 17.1 Å². The van der Waals surface area contributed by atoms with Crippen LogP contribution in [0.15, 0.2) is 30.6 Å². The molecule has 10 heteroatoms. The first-order valence-electron chi connectivity index (χ1n) is 12.2. The number of nitrogens with zero attached hydrogens (tertiary/aromatic N) is 6. The molecule has 0 spiro atoms. The maximum absolute atomic E-state index is 12.2. The first kappa shape index (κ1) is 22.8. The number of carbonyl (C=O) groups is 1. The van der Waals surface area contributed by atoms with Crippen molar-refractivity contribution in [3.63, 3.8) is 0 Å². The summed E-state index contributed by atoms with van der Waals surface area (Å²) in [4.78, 5) is 27.8. The molecule has 0 fully saturated rings. The molecule has 0 saturated carbocycles. The first-order valence-corrected chi connectivity index (χ1v) is 12.2. The third-order valence-corrected chi connectivity index (χ3v) is 7.19. The summed E-state index contributed by atoms with van der Waals surface area (Å²) in [5.74, 6) is 4.57. The Labute approximate surface area is 214 Å². The third-order valence-electron chi connectivity index (χ3n) is 7.19. The van der Waals surface area contributed by atoms with Crippen molar-refractivity contribution in [1.29, 1.82) is 0 Å². The zero-order chi connectivity index (χ0) is 25.7. The van der Waals surface area contributed by atoms with Crippen molar-refractivity contribution in [2.24, 2.45) is 0 Å². The number of terminal acetylenes is 1. The molecule has 4 aromatic heterocycles. The van der Waals surface area contributed by atoms with E-state index in [0.717, 1.165) is 64.1 Å². The quantitative estimate of drug-likeness (QED) is 0.372. The molecule has 6 rings (SSSR count). The van der Waals surface area contributed by atoms with E-state index in [9.17, 15) is 4.79 Å². The van der Waals surface area contributed by atoms with Gasteiger partial charge in [0.25, 0.3) is 0 Å². The Hall–Kier alpha value is -4.65. The highest BCUT2D eigenvalue weighted by atomic mass is 16.2. The molecule has 0 unspecified atom stereocenters. The lowest BCUT2D eigenvalue weighted by molar-refractivity contribution is -0.130. The SMILES string of the molecule is C#C[C@@H]1CCNc2c1ncc(-c1cc3cc(Nc4cc5n(n4)CC(=O)N(C)CC5)ncc3c(N)n1)c2C. The topological polar surface area (TPSA) is 127 Å². The van der Waals surface area contributed by atoms with Gasteiger partial charge in [-0.05, 0) is 36.4 Å². The Morgan fingerprint density at radius 3 is 2.92 bits per heavy atom. The van der Waals surface area contributed by atoms with Crippen LogP contribution >= 0.6 is 0 Å². The monoisotopic (exact) mass is 493 g/mol. The summed E-state index contributed by atoms with van der Waals surface area (Å²) in [6.45, 7) is 3.76. The van der Waals surface area contributed by atoms with Crippen LogP contribution in [0.1, 0.15) is 29.3 Å². The van der Waals surface area contributed by atoms with Gasteiger partial charge in [0.15, 0.2) is 5.82 Å². The Bertz CT molecular complexity index is 1600. The fraction of sp³-hybridized carbons (Fsp3) is 0.296. The van der Waals surface area contributed by atoms with Gasteiger partial charge < -0.3 is 21.3 Å². The summed E-state index contributed by atoms with van der Waals surface area (Å²) in [5, 5.41) is 13.0. The molecule has 186 valence electrons. The third kappa shape index (κ3) is 3.98. The van der Waals surface area contributed by atoms with Gasteiger partial charge in [-0.3, -0.25) is 14.5 Å². The number of hydrogen-bond acceptors (Lipinski definition) is 8. The summed E-state index contributed by atoms with van der Waals surface area (Å²) in [6.07, 6.45) is 10.9. The Morgan fingerprint density at radius 2 is 2.08 bits per heavy atom. The van der Waals surface area contributed by atoms with Crippen molar-refractivity contribution in [3.05, 3.63) is 47.5 Å². The van der Waals surface area contributed by atoms with E-state index < -0.39 is 0 Å². The molecular weight excluding hydrogens is 466 g/mol. The van der Waals surface area contributed by atoms with Crippen LogP contribution < -0.4 is 16.4 Å². The largest absolute Gasteiger partial charge is 0.383 e. The van der Waals surface area contributed by atoms with Crippen LogP contribution in [-0.2, 0) is 17.8 Å². The summed E-state index contributed by atoms with van der Waals surface area (Å²) in [7, 11) is 1.81. The predicted octanol–water partition coefficient (Wildman–Crippen LogP) is 3.07. The van der Waals surface area contributed by atoms with Gasteiger partial charge in [-0.2, -0.15) is 5.10 Å². The molecule has 0 aliphatic carbocycles. The van der Waals surface area contributed by atoms with Gasteiger partial charge in [0.1, 0.15) is 18.2 Å². The van der Waals surface area contributed by atoms with Gasteiger partial charge in [-0.15, -0.1) is 6.42 Å². The van der Waals surface area contributed by atoms with Crippen molar-refractivity contribution >= 4 is 39.8 Å². The van der Waals surface area contributed by atoms with Crippen LogP contribution in [0.4, 0.5) is 23.1 Å². The zero-order valence-corrected chi connectivity index (χ0v) is 20.7. The van der Waals surface area contributed by atoms with Crippen molar-refractivity contribution in [2.45, 2.75) is 32.2 Å². The maximum atomic E-state index is 12.2. The fourth-order valence-corrected chi connectivity index (χ4v) is 5.03. The molecule has 2 aliphatic heterocycles. The van der Waals surface area contributed by atoms with Crippen LogP contribution in [0, 0.1) is 19.3 Å². The normalized spacial score (nSPS) is 16.9. The molecule has 0 aromatic carbocycles. The van der Waals surface area contributed by atoms with E-state index >= 15 is 0 Å². The van der Waals surface area contributed by atoms with Crippen LogP contribution in [-0.4, -0.2) is 55.7 Å². The number of hydrogen-bond donors (Lipinski definition) is 3. The number of nitrogens with two attached hydrogens (primary N) is 1. The molecule has 4 N–H and O–H groups in total. The molecule has 1 amide bonds. The number of likely N-dealkylation sites (N-methyl/N-ethyl adjacent to an activating group) is 1. The van der Waals surface area contributed by atoms with E-state index in [1.165, 1.54) is 0 Å². The van der Waals surface area contributed by atoms with Crippen LogP contribution in [0.3, 0.4) is 0 Å². The number of aromatic nitrogens is 5. The van der Waals surface area contributed by atoms with Crippen LogP contribution in [0.25, 0.3) is 22.0 Å². The molecule has 6 heterocycles.